The van der Waals surface area contributed by atoms with Crippen molar-refractivity contribution in [3.8, 4) is 5.75 Å². The second-order valence-electron chi connectivity index (χ2n) is 6.33. The fourth-order valence-corrected chi connectivity index (χ4v) is 2.87. The van der Waals surface area contributed by atoms with Crippen LogP contribution >= 0.6 is 11.6 Å². The van der Waals surface area contributed by atoms with Crippen molar-refractivity contribution in [2.75, 3.05) is 0 Å². The smallest absolute Gasteiger partial charge is 0.160 e. The Morgan fingerprint density at radius 2 is 2.05 bits per heavy atom. The summed E-state index contributed by atoms with van der Waals surface area (Å²) in [6.45, 7) is 8.79. The maximum Gasteiger partial charge on any atom is 0.160 e. The van der Waals surface area contributed by atoms with E-state index in [1.165, 1.54) is 6.42 Å². The first-order valence-electron chi connectivity index (χ1n) is 7.59. The van der Waals surface area contributed by atoms with Gasteiger partial charge in [0.15, 0.2) is 5.75 Å². The highest BCUT2D eigenvalue weighted by molar-refractivity contribution is 6.17. The van der Waals surface area contributed by atoms with E-state index in [0.29, 0.717) is 17.7 Å². The average Bonchev–Trinajstić information content (AvgIpc) is 2.43. The van der Waals surface area contributed by atoms with E-state index in [1.54, 1.807) is 6.20 Å². The third kappa shape index (κ3) is 3.63. The molecule has 1 aliphatic carbocycles. The van der Waals surface area contributed by atoms with E-state index in [2.05, 4.69) is 37.7 Å². The lowest BCUT2D eigenvalue weighted by Gasteiger charge is -2.32. The first kappa shape index (κ1) is 15.6. The van der Waals surface area contributed by atoms with Gasteiger partial charge in [-0.15, -0.1) is 11.6 Å². The lowest BCUT2D eigenvalue weighted by Crippen LogP contribution is -2.29. The molecule has 3 unspecified atom stereocenters. The minimum atomic E-state index is 0.275. The highest BCUT2D eigenvalue weighted by atomic mass is 35.5. The minimum absolute atomic E-state index is 0.275. The highest BCUT2D eigenvalue weighted by Crippen LogP contribution is 2.32. The summed E-state index contributed by atoms with van der Waals surface area (Å²) in [5.41, 5.74) is 0.816. The average molecular weight is 297 g/mol. The maximum absolute atomic E-state index is 6.12. The lowest BCUT2D eigenvalue weighted by molar-refractivity contribution is 0.0990. The van der Waals surface area contributed by atoms with Crippen LogP contribution in [-0.4, -0.2) is 16.1 Å². The summed E-state index contributed by atoms with van der Waals surface area (Å²) in [5, 5.41) is 0. The van der Waals surface area contributed by atoms with Crippen LogP contribution in [0.25, 0.3) is 0 Å². The van der Waals surface area contributed by atoms with Gasteiger partial charge in [0.2, 0.25) is 0 Å². The molecule has 3 atom stereocenters. The number of hydrogen-bond donors (Lipinski definition) is 0. The summed E-state index contributed by atoms with van der Waals surface area (Å²) >= 11 is 6.01. The topological polar surface area (TPSA) is 35.0 Å². The summed E-state index contributed by atoms with van der Waals surface area (Å²) < 4.78 is 6.12. The molecule has 1 aliphatic rings. The van der Waals surface area contributed by atoms with Crippen LogP contribution in [0.4, 0.5) is 0 Å². The number of nitrogens with zero attached hydrogens (tertiary/aromatic N) is 2. The molecule has 1 aromatic rings. The number of alkyl halides is 1. The van der Waals surface area contributed by atoms with Crippen molar-refractivity contribution in [2.24, 2.45) is 11.8 Å². The number of halogens is 1. The first-order valence-corrected chi connectivity index (χ1v) is 8.13. The molecule has 3 nitrogen and oxygen atoms in total. The van der Waals surface area contributed by atoms with Gasteiger partial charge in [0.05, 0.1) is 18.2 Å². The van der Waals surface area contributed by atoms with Crippen molar-refractivity contribution in [1.82, 2.24) is 9.97 Å². The van der Waals surface area contributed by atoms with Crippen LogP contribution in [0, 0.1) is 11.8 Å². The molecule has 0 saturated heterocycles. The van der Waals surface area contributed by atoms with Gasteiger partial charge in [-0.3, -0.25) is 0 Å². The number of hydrogen-bond acceptors (Lipinski definition) is 3. The van der Waals surface area contributed by atoms with Gasteiger partial charge < -0.3 is 4.74 Å². The van der Waals surface area contributed by atoms with Gasteiger partial charge in [-0.25, -0.2) is 9.97 Å². The second-order valence-corrected chi connectivity index (χ2v) is 6.60. The van der Waals surface area contributed by atoms with E-state index in [1.807, 2.05) is 0 Å². The molecule has 1 heterocycles. The normalized spacial score (nSPS) is 26.8. The van der Waals surface area contributed by atoms with Crippen molar-refractivity contribution in [3.63, 3.8) is 0 Å². The molecule has 4 heteroatoms. The summed E-state index contributed by atoms with van der Waals surface area (Å²) in [4.78, 5) is 8.91. The van der Waals surface area contributed by atoms with E-state index in [0.717, 1.165) is 36.0 Å². The Morgan fingerprint density at radius 1 is 1.30 bits per heavy atom. The summed E-state index contributed by atoms with van der Waals surface area (Å²) in [6, 6.07) is 0. The van der Waals surface area contributed by atoms with Crippen molar-refractivity contribution in [3.05, 3.63) is 17.7 Å². The fourth-order valence-electron chi connectivity index (χ4n) is 2.68. The molecule has 1 aromatic heterocycles. The second kappa shape index (κ2) is 6.75. The third-order valence-corrected chi connectivity index (χ3v) is 4.59. The van der Waals surface area contributed by atoms with Crippen molar-refractivity contribution >= 4 is 11.6 Å². The number of rotatable bonds is 4. The first-order chi connectivity index (χ1) is 9.51. The van der Waals surface area contributed by atoms with Crippen molar-refractivity contribution < 1.29 is 4.74 Å². The van der Waals surface area contributed by atoms with Gasteiger partial charge in [0.1, 0.15) is 11.5 Å². The molecule has 0 aromatic carbocycles. The Morgan fingerprint density at radius 3 is 2.65 bits per heavy atom. The molecule has 0 aliphatic heterocycles. The molecular weight excluding hydrogens is 272 g/mol. The van der Waals surface area contributed by atoms with E-state index in [-0.39, 0.29) is 6.10 Å². The Bertz CT molecular complexity index is 450. The minimum Gasteiger partial charge on any atom is -0.487 e. The van der Waals surface area contributed by atoms with E-state index in [4.69, 9.17) is 16.3 Å². The van der Waals surface area contributed by atoms with Crippen molar-refractivity contribution in [1.29, 1.82) is 0 Å². The van der Waals surface area contributed by atoms with Crippen LogP contribution in [0.5, 0.6) is 5.75 Å². The molecule has 112 valence electrons. The van der Waals surface area contributed by atoms with Gasteiger partial charge in [-0.2, -0.15) is 0 Å². The zero-order chi connectivity index (χ0) is 14.7. The van der Waals surface area contributed by atoms with E-state index >= 15 is 0 Å². The monoisotopic (exact) mass is 296 g/mol. The Hall–Kier alpha value is -0.830. The third-order valence-electron chi connectivity index (χ3n) is 4.33. The Balaban J connectivity index is 2.09. The van der Waals surface area contributed by atoms with Crippen LogP contribution in [0.3, 0.4) is 0 Å². The molecule has 0 bridgehead atoms. The van der Waals surface area contributed by atoms with Gasteiger partial charge in [-0.1, -0.05) is 27.7 Å². The predicted molar refractivity (Wildman–Crippen MR) is 82.3 cm³/mol. The lowest BCUT2D eigenvalue weighted by atomic mass is 9.80. The maximum atomic E-state index is 6.12. The van der Waals surface area contributed by atoms with Crippen LogP contribution < -0.4 is 4.74 Å². The molecule has 0 radical (unpaired) electrons. The Labute approximate surface area is 127 Å². The molecule has 20 heavy (non-hydrogen) atoms. The molecule has 0 amide bonds. The Kier molecular flexibility index (Phi) is 5.25. The van der Waals surface area contributed by atoms with Gasteiger partial charge in [0.25, 0.3) is 0 Å². The van der Waals surface area contributed by atoms with Crippen molar-refractivity contribution in [2.45, 2.75) is 64.9 Å². The van der Waals surface area contributed by atoms with Crippen LogP contribution in [0.1, 0.15) is 64.4 Å². The standard InChI is InChI=1S/C16H25ClN2O/c1-10(2)16-18-9-15(14(8-17)19-16)20-13-6-5-11(3)12(4)7-13/h9-13H,5-8H2,1-4H3. The molecule has 1 fully saturated rings. The zero-order valence-electron chi connectivity index (χ0n) is 12.9. The SMILES string of the molecule is CC(C)c1ncc(OC2CCC(C)C(C)C2)c(CCl)n1. The summed E-state index contributed by atoms with van der Waals surface area (Å²) in [5.74, 6) is 3.78. The highest BCUT2D eigenvalue weighted by Gasteiger charge is 2.26. The predicted octanol–water partition coefficient (Wildman–Crippen LogP) is 4.54. The molecule has 0 spiro atoms. The quantitative estimate of drug-likeness (QED) is 0.765. The van der Waals surface area contributed by atoms with E-state index < -0.39 is 0 Å². The zero-order valence-corrected chi connectivity index (χ0v) is 13.7. The largest absolute Gasteiger partial charge is 0.487 e. The number of ether oxygens (including phenoxy) is 1. The summed E-state index contributed by atoms with van der Waals surface area (Å²) in [7, 11) is 0. The van der Waals surface area contributed by atoms with Crippen LogP contribution in [0.2, 0.25) is 0 Å². The molecule has 0 N–H and O–H groups in total. The van der Waals surface area contributed by atoms with Crippen LogP contribution in [-0.2, 0) is 5.88 Å². The van der Waals surface area contributed by atoms with Gasteiger partial charge >= 0.3 is 0 Å². The van der Waals surface area contributed by atoms with Gasteiger partial charge in [0, 0.05) is 5.92 Å². The molecule has 2 rings (SSSR count). The molecular formula is C16H25ClN2O. The number of aromatic nitrogens is 2. The fraction of sp³-hybridized carbons (Fsp3) is 0.750. The van der Waals surface area contributed by atoms with Crippen LogP contribution in [0.15, 0.2) is 6.20 Å². The summed E-state index contributed by atoms with van der Waals surface area (Å²) in [6.07, 6.45) is 5.51. The van der Waals surface area contributed by atoms with E-state index in [9.17, 15) is 0 Å². The molecule has 1 saturated carbocycles. The van der Waals surface area contributed by atoms with Gasteiger partial charge in [-0.05, 0) is 31.1 Å².